The monoisotopic (exact) mass is 440 g/mol. The molecule has 33 heavy (non-hydrogen) atoms. The Labute approximate surface area is 196 Å². The lowest BCUT2D eigenvalue weighted by Gasteiger charge is -2.37. The molecule has 0 bridgehead atoms. The van der Waals surface area contributed by atoms with Crippen LogP contribution in [0.5, 0.6) is 0 Å². The fourth-order valence-electron chi connectivity index (χ4n) is 4.79. The van der Waals surface area contributed by atoms with Crippen molar-refractivity contribution in [2.45, 2.75) is 45.4 Å². The molecular formula is C29H32N2O2. The van der Waals surface area contributed by atoms with E-state index in [2.05, 4.69) is 86.7 Å². The highest BCUT2D eigenvalue weighted by Crippen LogP contribution is 2.27. The van der Waals surface area contributed by atoms with Crippen molar-refractivity contribution in [3.05, 3.63) is 94.5 Å². The SMILES string of the molecule is Cc1cc(CN2CCCC(O)C2C(N)=O)ccc1C=Cc1cccc(-c2ccccc2)c1C. The molecule has 1 fully saturated rings. The predicted octanol–water partition coefficient (Wildman–Crippen LogP) is 4.95. The van der Waals surface area contributed by atoms with E-state index in [1.807, 2.05) is 11.0 Å². The number of rotatable bonds is 6. The zero-order valence-corrected chi connectivity index (χ0v) is 19.4. The summed E-state index contributed by atoms with van der Waals surface area (Å²) in [6.07, 6.45) is 5.14. The number of piperidine rings is 1. The van der Waals surface area contributed by atoms with Gasteiger partial charge in [0.05, 0.1) is 6.10 Å². The highest BCUT2D eigenvalue weighted by molar-refractivity contribution is 5.81. The number of benzene rings is 3. The van der Waals surface area contributed by atoms with Gasteiger partial charge < -0.3 is 10.8 Å². The molecule has 4 rings (SSSR count). The number of aliphatic hydroxyl groups is 1. The molecule has 4 nitrogen and oxygen atoms in total. The first-order valence-corrected chi connectivity index (χ1v) is 11.6. The van der Waals surface area contributed by atoms with Crippen LogP contribution in [0.4, 0.5) is 0 Å². The number of carbonyl (C=O) groups excluding carboxylic acids is 1. The number of aliphatic hydroxyl groups excluding tert-OH is 1. The second kappa shape index (κ2) is 10.2. The molecule has 3 aromatic carbocycles. The van der Waals surface area contributed by atoms with Crippen molar-refractivity contribution >= 4 is 18.1 Å². The first-order valence-electron chi connectivity index (χ1n) is 11.6. The fraction of sp³-hybridized carbons (Fsp3) is 0.276. The zero-order chi connectivity index (χ0) is 23.4. The Hall–Kier alpha value is -3.21. The van der Waals surface area contributed by atoms with Gasteiger partial charge in [0.15, 0.2) is 0 Å². The van der Waals surface area contributed by atoms with E-state index in [1.165, 1.54) is 27.8 Å². The van der Waals surface area contributed by atoms with Crippen molar-refractivity contribution < 1.29 is 9.90 Å². The van der Waals surface area contributed by atoms with Crippen LogP contribution in [0, 0.1) is 13.8 Å². The van der Waals surface area contributed by atoms with Crippen LogP contribution in [0.15, 0.2) is 66.7 Å². The molecule has 0 aliphatic carbocycles. The summed E-state index contributed by atoms with van der Waals surface area (Å²) in [5.41, 5.74) is 13.9. The molecule has 2 unspecified atom stereocenters. The summed E-state index contributed by atoms with van der Waals surface area (Å²) in [7, 11) is 0. The number of aryl methyl sites for hydroxylation is 1. The van der Waals surface area contributed by atoms with E-state index < -0.39 is 18.1 Å². The Bertz CT molecular complexity index is 1150. The second-order valence-electron chi connectivity index (χ2n) is 8.94. The van der Waals surface area contributed by atoms with Crippen molar-refractivity contribution in [2.24, 2.45) is 5.73 Å². The van der Waals surface area contributed by atoms with Crippen molar-refractivity contribution in [3.8, 4) is 11.1 Å². The van der Waals surface area contributed by atoms with Crippen LogP contribution >= 0.6 is 0 Å². The summed E-state index contributed by atoms with van der Waals surface area (Å²) in [4.78, 5) is 13.9. The van der Waals surface area contributed by atoms with Gasteiger partial charge in [-0.2, -0.15) is 0 Å². The van der Waals surface area contributed by atoms with Gasteiger partial charge in [-0.15, -0.1) is 0 Å². The number of nitrogens with two attached hydrogens (primary N) is 1. The molecule has 0 radical (unpaired) electrons. The number of carbonyl (C=O) groups is 1. The molecule has 170 valence electrons. The molecule has 0 aromatic heterocycles. The Kier molecular flexibility index (Phi) is 7.07. The Morgan fingerprint density at radius 1 is 1.03 bits per heavy atom. The van der Waals surface area contributed by atoms with Crippen LogP contribution in [0.3, 0.4) is 0 Å². The van der Waals surface area contributed by atoms with Gasteiger partial charge in [-0.3, -0.25) is 9.69 Å². The lowest BCUT2D eigenvalue weighted by Crippen LogP contribution is -2.54. The van der Waals surface area contributed by atoms with E-state index in [0.717, 1.165) is 24.1 Å². The third-order valence-electron chi connectivity index (χ3n) is 6.62. The van der Waals surface area contributed by atoms with Gasteiger partial charge in [-0.1, -0.05) is 78.9 Å². The first-order chi connectivity index (χ1) is 15.9. The lowest BCUT2D eigenvalue weighted by atomic mass is 9.95. The highest BCUT2D eigenvalue weighted by atomic mass is 16.3. The lowest BCUT2D eigenvalue weighted by molar-refractivity contribution is -0.130. The standard InChI is InChI=1S/C29H32N2O2/c1-20-18-22(19-31-17-7-12-27(32)28(31)29(30)33)13-14-23(20)15-16-24-10-6-11-26(21(24)2)25-8-4-3-5-9-25/h3-6,8-11,13-16,18,27-28,32H,7,12,17,19H2,1-2H3,(H2,30,33). The Morgan fingerprint density at radius 2 is 1.79 bits per heavy atom. The smallest absolute Gasteiger partial charge is 0.237 e. The van der Waals surface area contributed by atoms with Crippen molar-refractivity contribution in [1.29, 1.82) is 0 Å². The van der Waals surface area contributed by atoms with Crippen LogP contribution in [0.1, 0.15) is 40.7 Å². The summed E-state index contributed by atoms with van der Waals surface area (Å²) in [5.74, 6) is -0.452. The number of amides is 1. The summed E-state index contributed by atoms with van der Waals surface area (Å²) in [6, 6.07) is 22.6. The highest BCUT2D eigenvalue weighted by Gasteiger charge is 2.34. The minimum atomic E-state index is -0.686. The molecule has 3 aromatic rings. The Balaban J connectivity index is 1.52. The van der Waals surface area contributed by atoms with Crippen LogP contribution in [0.2, 0.25) is 0 Å². The van der Waals surface area contributed by atoms with Crippen molar-refractivity contribution in [3.63, 3.8) is 0 Å². The molecule has 2 atom stereocenters. The largest absolute Gasteiger partial charge is 0.391 e. The maximum absolute atomic E-state index is 11.9. The van der Waals surface area contributed by atoms with E-state index in [9.17, 15) is 9.90 Å². The molecule has 1 heterocycles. The number of primary amides is 1. The number of hydrogen-bond donors (Lipinski definition) is 2. The van der Waals surface area contributed by atoms with Crippen LogP contribution in [0.25, 0.3) is 23.3 Å². The van der Waals surface area contributed by atoms with Crippen LogP contribution in [-0.2, 0) is 11.3 Å². The van der Waals surface area contributed by atoms with Gasteiger partial charge in [0.2, 0.25) is 5.91 Å². The van der Waals surface area contributed by atoms with Gasteiger partial charge >= 0.3 is 0 Å². The molecule has 4 heteroatoms. The normalized spacial score (nSPS) is 19.1. The molecule has 1 aliphatic heterocycles. The zero-order valence-electron chi connectivity index (χ0n) is 19.4. The minimum Gasteiger partial charge on any atom is -0.391 e. The molecule has 0 saturated carbocycles. The number of nitrogens with zero attached hydrogens (tertiary/aromatic N) is 1. The van der Waals surface area contributed by atoms with Crippen molar-refractivity contribution in [1.82, 2.24) is 4.90 Å². The van der Waals surface area contributed by atoms with E-state index in [0.29, 0.717) is 13.0 Å². The molecule has 3 N–H and O–H groups in total. The maximum Gasteiger partial charge on any atom is 0.237 e. The minimum absolute atomic E-state index is 0.452. The quantitative estimate of drug-likeness (QED) is 0.533. The molecule has 1 aliphatic rings. The van der Waals surface area contributed by atoms with Crippen molar-refractivity contribution in [2.75, 3.05) is 6.54 Å². The fourth-order valence-corrected chi connectivity index (χ4v) is 4.79. The van der Waals surface area contributed by atoms with Gasteiger partial charge in [-0.25, -0.2) is 0 Å². The van der Waals surface area contributed by atoms with Gasteiger partial charge in [0, 0.05) is 6.54 Å². The molecule has 1 amide bonds. The number of likely N-dealkylation sites (tertiary alicyclic amines) is 1. The molecule has 0 spiro atoms. The molecular weight excluding hydrogens is 408 g/mol. The van der Waals surface area contributed by atoms with E-state index in [-0.39, 0.29) is 0 Å². The number of hydrogen-bond acceptors (Lipinski definition) is 3. The van der Waals surface area contributed by atoms with E-state index in [4.69, 9.17) is 5.73 Å². The predicted molar refractivity (Wildman–Crippen MR) is 135 cm³/mol. The summed E-state index contributed by atoms with van der Waals surface area (Å²) in [6.45, 7) is 5.64. The molecule has 1 saturated heterocycles. The van der Waals surface area contributed by atoms with Gasteiger partial charge in [0.25, 0.3) is 0 Å². The summed E-state index contributed by atoms with van der Waals surface area (Å²) >= 11 is 0. The third kappa shape index (κ3) is 5.24. The summed E-state index contributed by atoms with van der Waals surface area (Å²) < 4.78 is 0. The average Bonchev–Trinajstić information content (AvgIpc) is 2.80. The van der Waals surface area contributed by atoms with E-state index >= 15 is 0 Å². The summed E-state index contributed by atoms with van der Waals surface area (Å²) in [5, 5.41) is 10.2. The first kappa shape index (κ1) is 23.0. The van der Waals surface area contributed by atoms with Crippen LogP contribution < -0.4 is 5.73 Å². The van der Waals surface area contributed by atoms with Gasteiger partial charge in [0.1, 0.15) is 6.04 Å². The Morgan fingerprint density at radius 3 is 2.52 bits per heavy atom. The maximum atomic E-state index is 11.9. The van der Waals surface area contributed by atoms with Gasteiger partial charge in [-0.05, 0) is 72.2 Å². The van der Waals surface area contributed by atoms with E-state index in [1.54, 1.807) is 0 Å². The topological polar surface area (TPSA) is 66.6 Å². The second-order valence-corrected chi connectivity index (χ2v) is 8.94. The average molecular weight is 441 g/mol. The third-order valence-corrected chi connectivity index (χ3v) is 6.62. The van der Waals surface area contributed by atoms with Crippen LogP contribution in [-0.4, -0.2) is 34.6 Å².